The number of methoxy groups -OCH3 is 1. The van der Waals surface area contributed by atoms with Gasteiger partial charge in [0.2, 0.25) is 0 Å². The third-order valence-electron chi connectivity index (χ3n) is 3.24. The van der Waals surface area contributed by atoms with Gasteiger partial charge in [-0.3, -0.25) is 0 Å². The lowest BCUT2D eigenvalue weighted by Crippen LogP contribution is -2.14. The van der Waals surface area contributed by atoms with Crippen molar-refractivity contribution in [2.45, 2.75) is 19.4 Å². The number of hydrogen-bond donors (Lipinski definition) is 1. The molecule has 2 aromatic carbocycles. The van der Waals surface area contributed by atoms with E-state index in [-0.39, 0.29) is 6.04 Å². The number of aryl methyl sites for hydroxylation is 1. The highest BCUT2D eigenvalue weighted by Crippen LogP contribution is 2.30. The Morgan fingerprint density at radius 2 is 1.90 bits per heavy atom. The van der Waals surface area contributed by atoms with Crippen LogP contribution < -0.4 is 10.5 Å². The van der Waals surface area contributed by atoms with E-state index in [1.165, 1.54) is 5.56 Å². The summed E-state index contributed by atoms with van der Waals surface area (Å²) < 4.78 is 7.47. The van der Waals surface area contributed by atoms with Gasteiger partial charge in [-0.25, -0.2) is 0 Å². The van der Waals surface area contributed by atoms with Gasteiger partial charge in [-0.1, -0.05) is 55.6 Å². The normalized spacial score (nSPS) is 12.2. The molecular formula is C16H17Br2NO. The number of nitrogens with two attached hydrogens (primary N) is 1. The Hall–Kier alpha value is -0.840. The topological polar surface area (TPSA) is 35.2 Å². The summed E-state index contributed by atoms with van der Waals surface area (Å²) in [7, 11) is 1.69. The molecule has 0 amide bonds. The summed E-state index contributed by atoms with van der Waals surface area (Å²) in [4.78, 5) is 0. The predicted molar refractivity (Wildman–Crippen MR) is 90.2 cm³/mol. The summed E-state index contributed by atoms with van der Waals surface area (Å²) in [6, 6.07) is 12.2. The summed E-state index contributed by atoms with van der Waals surface area (Å²) in [6.07, 6.45) is 0.741. The molecule has 2 nitrogen and oxygen atoms in total. The van der Waals surface area contributed by atoms with Crippen molar-refractivity contribution in [3.8, 4) is 5.75 Å². The molecule has 0 fully saturated rings. The van der Waals surface area contributed by atoms with Gasteiger partial charge in [-0.05, 0) is 42.7 Å². The van der Waals surface area contributed by atoms with Crippen LogP contribution >= 0.6 is 31.9 Å². The maximum Gasteiger partial charge on any atom is 0.122 e. The number of ether oxygens (including phenoxy) is 1. The lowest BCUT2D eigenvalue weighted by atomic mass is 9.98. The van der Waals surface area contributed by atoms with Crippen molar-refractivity contribution in [3.05, 3.63) is 62.0 Å². The monoisotopic (exact) mass is 397 g/mol. The fraction of sp³-hybridized carbons (Fsp3) is 0.250. The molecule has 20 heavy (non-hydrogen) atoms. The summed E-state index contributed by atoms with van der Waals surface area (Å²) in [5.74, 6) is 0.888. The Morgan fingerprint density at radius 3 is 2.55 bits per heavy atom. The Labute approximate surface area is 136 Å². The summed E-state index contributed by atoms with van der Waals surface area (Å²) in [5, 5.41) is 0. The van der Waals surface area contributed by atoms with Crippen LogP contribution in [-0.2, 0) is 6.42 Å². The predicted octanol–water partition coefficient (Wildman–Crippen LogP) is 4.77. The molecule has 1 atom stereocenters. The first-order chi connectivity index (χ1) is 9.51. The van der Waals surface area contributed by atoms with Gasteiger partial charge in [0.15, 0.2) is 0 Å². The fourth-order valence-corrected chi connectivity index (χ4v) is 3.56. The highest BCUT2D eigenvalue weighted by atomic mass is 79.9. The summed E-state index contributed by atoms with van der Waals surface area (Å²) in [6.45, 7) is 2.07. The molecule has 0 saturated carbocycles. The van der Waals surface area contributed by atoms with Gasteiger partial charge in [0.1, 0.15) is 5.75 Å². The Bertz CT molecular complexity index is 613. The molecule has 0 aliphatic rings. The zero-order valence-electron chi connectivity index (χ0n) is 11.5. The van der Waals surface area contributed by atoms with Gasteiger partial charge in [0, 0.05) is 15.0 Å². The van der Waals surface area contributed by atoms with Crippen molar-refractivity contribution in [3.63, 3.8) is 0 Å². The van der Waals surface area contributed by atoms with E-state index in [0.717, 1.165) is 32.2 Å². The Kier molecular flexibility index (Phi) is 5.24. The summed E-state index contributed by atoms with van der Waals surface area (Å²) >= 11 is 7.02. The van der Waals surface area contributed by atoms with E-state index >= 15 is 0 Å². The first kappa shape index (κ1) is 15.5. The van der Waals surface area contributed by atoms with Crippen LogP contribution in [-0.4, -0.2) is 7.11 Å². The van der Waals surface area contributed by atoms with E-state index in [1.807, 2.05) is 30.3 Å². The highest BCUT2D eigenvalue weighted by molar-refractivity contribution is 9.11. The number of hydrogen-bond acceptors (Lipinski definition) is 2. The van der Waals surface area contributed by atoms with E-state index < -0.39 is 0 Å². The molecule has 0 bridgehead atoms. The van der Waals surface area contributed by atoms with E-state index in [4.69, 9.17) is 10.5 Å². The van der Waals surface area contributed by atoms with Gasteiger partial charge >= 0.3 is 0 Å². The molecule has 4 heteroatoms. The quantitative estimate of drug-likeness (QED) is 0.804. The van der Waals surface area contributed by atoms with Crippen LogP contribution in [0.15, 0.2) is 45.3 Å². The van der Waals surface area contributed by atoms with Crippen molar-refractivity contribution in [1.29, 1.82) is 0 Å². The molecule has 2 N–H and O–H groups in total. The number of halogens is 2. The third-order valence-corrected chi connectivity index (χ3v) is 4.42. The summed E-state index contributed by atoms with van der Waals surface area (Å²) in [5.41, 5.74) is 9.79. The third kappa shape index (κ3) is 3.62. The smallest absolute Gasteiger partial charge is 0.122 e. The van der Waals surface area contributed by atoms with E-state index in [1.54, 1.807) is 7.11 Å². The average Bonchev–Trinajstić information content (AvgIpc) is 2.38. The van der Waals surface area contributed by atoms with Crippen LogP contribution in [0.1, 0.15) is 22.7 Å². The van der Waals surface area contributed by atoms with Gasteiger partial charge in [0.05, 0.1) is 7.11 Å². The van der Waals surface area contributed by atoms with Crippen LogP contribution in [0.4, 0.5) is 0 Å². The van der Waals surface area contributed by atoms with Crippen LogP contribution in [0, 0.1) is 6.92 Å². The van der Waals surface area contributed by atoms with Gasteiger partial charge in [-0.2, -0.15) is 0 Å². The van der Waals surface area contributed by atoms with E-state index in [2.05, 4.69) is 44.8 Å². The van der Waals surface area contributed by atoms with Gasteiger partial charge in [-0.15, -0.1) is 0 Å². The maximum absolute atomic E-state index is 6.35. The molecule has 0 saturated heterocycles. The molecule has 0 radical (unpaired) electrons. The van der Waals surface area contributed by atoms with Crippen LogP contribution in [0.2, 0.25) is 0 Å². The number of benzene rings is 2. The lowest BCUT2D eigenvalue weighted by Gasteiger charge is -2.17. The fourth-order valence-electron chi connectivity index (χ4n) is 2.22. The highest BCUT2D eigenvalue weighted by Gasteiger charge is 2.14. The molecule has 0 spiro atoms. The molecule has 0 heterocycles. The Morgan fingerprint density at radius 1 is 1.15 bits per heavy atom. The lowest BCUT2D eigenvalue weighted by molar-refractivity contribution is 0.408. The van der Waals surface area contributed by atoms with Crippen molar-refractivity contribution in [2.24, 2.45) is 5.73 Å². The van der Waals surface area contributed by atoms with Crippen molar-refractivity contribution >= 4 is 31.9 Å². The molecule has 106 valence electrons. The minimum Gasteiger partial charge on any atom is -0.496 e. The van der Waals surface area contributed by atoms with Gasteiger partial charge < -0.3 is 10.5 Å². The van der Waals surface area contributed by atoms with E-state index in [9.17, 15) is 0 Å². The van der Waals surface area contributed by atoms with Gasteiger partial charge in [0.25, 0.3) is 0 Å². The second-order valence-corrected chi connectivity index (χ2v) is 6.56. The first-order valence-corrected chi connectivity index (χ1v) is 7.94. The molecule has 0 aliphatic heterocycles. The molecule has 1 unspecified atom stereocenters. The zero-order chi connectivity index (χ0) is 14.7. The molecular weight excluding hydrogens is 382 g/mol. The van der Waals surface area contributed by atoms with Crippen molar-refractivity contribution in [2.75, 3.05) is 7.11 Å². The molecule has 0 aromatic heterocycles. The van der Waals surface area contributed by atoms with Crippen LogP contribution in [0.3, 0.4) is 0 Å². The zero-order valence-corrected chi connectivity index (χ0v) is 14.7. The van der Waals surface area contributed by atoms with Crippen molar-refractivity contribution < 1.29 is 4.74 Å². The SMILES string of the molecule is COc1ccc(C)cc1CC(N)c1ccc(Br)cc1Br. The van der Waals surface area contributed by atoms with Crippen LogP contribution in [0.25, 0.3) is 0 Å². The second-order valence-electron chi connectivity index (χ2n) is 4.79. The largest absolute Gasteiger partial charge is 0.496 e. The number of rotatable bonds is 4. The molecule has 2 aromatic rings. The van der Waals surface area contributed by atoms with Crippen molar-refractivity contribution in [1.82, 2.24) is 0 Å². The standard InChI is InChI=1S/C16H17Br2NO/c1-10-3-6-16(20-2)11(7-10)8-15(19)13-5-4-12(17)9-14(13)18/h3-7,9,15H,8,19H2,1-2H3. The second kappa shape index (κ2) is 6.74. The minimum absolute atomic E-state index is 0.0758. The minimum atomic E-state index is -0.0758. The Balaban J connectivity index is 2.27. The van der Waals surface area contributed by atoms with E-state index in [0.29, 0.717) is 0 Å². The maximum atomic E-state index is 6.35. The first-order valence-electron chi connectivity index (χ1n) is 6.35. The average molecular weight is 399 g/mol. The molecule has 2 rings (SSSR count). The van der Waals surface area contributed by atoms with Crippen LogP contribution in [0.5, 0.6) is 5.75 Å². The molecule has 0 aliphatic carbocycles.